The highest BCUT2D eigenvalue weighted by Crippen LogP contribution is 2.30. The second kappa shape index (κ2) is 4.06. The number of aliphatic carboxylic acids is 1. The van der Waals surface area contributed by atoms with Gasteiger partial charge in [-0.25, -0.2) is 9.59 Å². The van der Waals surface area contributed by atoms with Gasteiger partial charge in [-0.1, -0.05) is 0 Å². The highest BCUT2D eigenvalue weighted by atomic mass is 16.6. The molecule has 2 atom stereocenters. The molecular formula is C9H15NO5. The van der Waals surface area contributed by atoms with E-state index >= 15 is 0 Å². The first-order valence-electron chi connectivity index (χ1n) is 4.77. The number of hydrogen-bond donors (Lipinski definition) is 2. The predicted molar refractivity (Wildman–Crippen MR) is 50.4 cm³/mol. The van der Waals surface area contributed by atoms with Crippen molar-refractivity contribution in [1.29, 1.82) is 0 Å². The summed E-state index contributed by atoms with van der Waals surface area (Å²) in [5, 5.41) is 18.4. The zero-order valence-corrected chi connectivity index (χ0v) is 8.77. The molecule has 1 fully saturated rings. The zero-order valence-electron chi connectivity index (χ0n) is 8.77. The highest BCUT2D eigenvalue weighted by Gasteiger charge is 2.50. The van der Waals surface area contributed by atoms with Gasteiger partial charge in [0.15, 0.2) is 0 Å². The second-order valence-electron chi connectivity index (χ2n) is 3.75. The fraction of sp³-hybridized carbons (Fsp3) is 0.778. The molecule has 1 saturated heterocycles. The number of β-amino-alcohol motifs (C(OH)–C–C–N with tert-alkyl or cyclic N) is 1. The van der Waals surface area contributed by atoms with Crippen LogP contribution in [0.3, 0.4) is 0 Å². The Kier molecular flexibility index (Phi) is 3.18. The lowest BCUT2D eigenvalue weighted by Crippen LogP contribution is -2.50. The quantitative estimate of drug-likeness (QED) is 0.682. The number of carboxylic acid groups (broad SMARTS) is 1. The van der Waals surface area contributed by atoms with Crippen LogP contribution in [0.5, 0.6) is 0 Å². The summed E-state index contributed by atoms with van der Waals surface area (Å²) in [7, 11) is 0. The number of likely N-dealkylation sites (tertiary alicyclic amines) is 1. The van der Waals surface area contributed by atoms with Crippen LogP contribution in [0.4, 0.5) is 4.79 Å². The lowest BCUT2D eigenvalue weighted by atomic mass is 9.99. The Labute approximate surface area is 87.4 Å². The summed E-state index contributed by atoms with van der Waals surface area (Å²) in [6.07, 6.45) is -1.48. The molecule has 0 bridgehead atoms. The highest BCUT2D eigenvalue weighted by molar-refractivity contribution is 5.84. The summed E-state index contributed by atoms with van der Waals surface area (Å²) in [4.78, 5) is 23.5. The Morgan fingerprint density at radius 3 is 2.67 bits per heavy atom. The van der Waals surface area contributed by atoms with Crippen molar-refractivity contribution in [3.8, 4) is 0 Å². The Balaban J connectivity index is 2.86. The van der Waals surface area contributed by atoms with Crippen LogP contribution in [-0.2, 0) is 9.53 Å². The number of carbonyl (C=O) groups is 2. The fourth-order valence-corrected chi connectivity index (χ4v) is 1.73. The van der Waals surface area contributed by atoms with Crippen LogP contribution in [0.2, 0.25) is 0 Å². The summed E-state index contributed by atoms with van der Waals surface area (Å²) in [5.74, 6) is -1.13. The maximum absolute atomic E-state index is 11.4. The smallest absolute Gasteiger partial charge is 0.410 e. The Morgan fingerprint density at radius 1 is 1.60 bits per heavy atom. The molecule has 0 unspecified atom stereocenters. The van der Waals surface area contributed by atoms with E-state index in [1.165, 1.54) is 6.92 Å². The third kappa shape index (κ3) is 2.04. The van der Waals surface area contributed by atoms with Crippen molar-refractivity contribution < 1.29 is 24.5 Å². The van der Waals surface area contributed by atoms with E-state index in [4.69, 9.17) is 9.84 Å². The molecule has 0 aromatic carbocycles. The maximum atomic E-state index is 11.4. The zero-order chi connectivity index (χ0) is 11.6. The summed E-state index contributed by atoms with van der Waals surface area (Å²) >= 11 is 0. The minimum absolute atomic E-state index is 0.00162. The van der Waals surface area contributed by atoms with Crippen LogP contribution in [0.1, 0.15) is 20.3 Å². The van der Waals surface area contributed by atoms with Crippen LogP contribution >= 0.6 is 0 Å². The van der Waals surface area contributed by atoms with E-state index < -0.39 is 23.7 Å². The number of aliphatic hydroxyl groups excluding tert-OH is 1. The van der Waals surface area contributed by atoms with Crippen molar-refractivity contribution in [1.82, 2.24) is 4.90 Å². The van der Waals surface area contributed by atoms with Crippen LogP contribution < -0.4 is 0 Å². The minimum atomic E-state index is -1.37. The SMILES string of the molecule is CCOC(=O)N1C[C@H](O)C[C@@]1(C)C(=O)O. The lowest BCUT2D eigenvalue weighted by molar-refractivity contribution is -0.147. The molecule has 0 aromatic heterocycles. The number of rotatable bonds is 2. The monoisotopic (exact) mass is 217 g/mol. The molecule has 0 radical (unpaired) electrons. The largest absolute Gasteiger partial charge is 0.480 e. The van der Waals surface area contributed by atoms with E-state index in [2.05, 4.69) is 0 Å². The Bertz CT molecular complexity index is 280. The van der Waals surface area contributed by atoms with Gasteiger partial charge in [0.05, 0.1) is 19.3 Å². The van der Waals surface area contributed by atoms with E-state index in [-0.39, 0.29) is 19.6 Å². The van der Waals surface area contributed by atoms with Gasteiger partial charge in [0.2, 0.25) is 0 Å². The first-order chi connectivity index (χ1) is 6.91. The van der Waals surface area contributed by atoms with Gasteiger partial charge in [-0.2, -0.15) is 0 Å². The third-order valence-electron chi connectivity index (χ3n) is 2.57. The van der Waals surface area contributed by atoms with Gasteiger partial charge in [0.25, 0.3) is 0 Å². The summed E-state index contributed by atoms with van der Waals surface area (Å²) in [6, 6.07) is 0. The lowest BCUT2D eigenvalue weighted by Gasteiger charge is -2.29. The molecule has 2 N–H and O–H groups in total. The number of amides is 1. The predicted octanol–water partition coefficient (Wildman–Crippen LogP) is 0.0528. The number of aliphatic hydroxyl groups is 1. The molecule has 86 valence electrons. The molecule has 0 aliphatic carbocycles. The van der Waals surface area contributed by atoms with Gasteiger partial charge in [0, 0.05) is 6.42 Å². The number of hydrogen-bond acceptors (Lipinski definition) is 4. The topological polar surface area (TPSA) is 87.1 Å². The molecule has 1 aliphatic heterocycles. The van der Waals surface area contributed by atoms with Crippen molar-refractivity contribution in [2.45, 2.75) is 31.9 Å². The van der Waals surface area contributed by atoms with Gasteiger partial charge in [-0.15, -0.1) is 0 Å². The molecule has 0 aromatic rings. The average Bonchev–Trinajstić information content (AvgIpc) is 2.43. The van der Waals surface area contributed by atoms with Crippen molar-refractivity contribution in [3.63, 3.8) is 0 Å². The van der Waals surface area contributed by atoms with Crippen molar-refractivity contribution >= 4 is 12.1 Å². The standard InChI is InChI=1S/C9H15NO5/c1-3-15-8(14)10-5-6(11)4-9(10,2)7(12)13/h6,11H,3-5H2,1-2H3,(H,12,13)/t6-,9+/m1/s1. The van der Waals surface area contributed by atoms with Crippen LogP contribution in [-0.4, -0.2) is 52.0 Å². The van der Waals surface area contributed by atoms with Gasteiger partial charge in [0.1, 0.15) is 5.54 Å². The van der Waals surface area contributed by atoms with E-state index in [1.54, 1.807) is 6.92 Å². The van der Waals surface area contributed by atoms with Gasteiger partial charge in [-0.05, 0) is 13.8 Å². The van der Waals surface area contributed by atoms with Crippen LogP contribution in [0.25, 0.3) is 0 Å². The van der Waals surface area contributed by atoms with E-state index in [0.717, 1.165) is 4.90 Å². The summed E-state index contributed by atoms with van der Waals surface area (Å²) < 4.78 is 4.73. The number of carboxylic acids is 1. The molecule has 6 nitrogen and oxygen atoms in total. The molecular weight excluding hydrogens is 202 g/mol. The third-order valence-corrected chi connectivity index (χ3v) is 2.57. The molecule has 1 heterocycles. The number of nitrogens with zero attached hydrogens (tertiary/aromatic N) is 1. The first kappa shape index (κ1) is 11.8. The van der Waals surface area contributed by atoms with Crippen LogP contribution in [0, 0.1) is 0 Å². The Hall–Kier alpha value is -1.30. The van der Waals surface area contributed by atoms with Crippen LogP contribution in [0.15, 0.2) is 0 Å². The first-order valence-corrected chi connectivity index (χ1v) is 4.77. The summed E-state index contributed by atoms with van der Waals surface area (Å²) in [6.45, 7) is 3.23. The number of ether oxygens (including phenoxy) is 1. The van der Waals surface area contributed by atoms with E-state index in [0.29, 0.717) is 0 Å². The van der Waals surface area contributed by atoms with Crippen molar-refractivity contribution in [3.05, 3.63) is 0 Å². The molecule has 0 spiro atoms. The Morgan fingerprint density at radius 2 is 2.20 bits per heavy atom. The summed E-state index contributed by atoms with van der Waals surface area (Å²) in [5.41, 5.74) is -1.37. The molecule has 1 rings (SSSR count). The molecule has 0 saturated carbocycles. The van der Waals surface area contributed by atoms with Crippen molar-refractivity contribution in [2.24, 2.45) is 0 Å². The van der Waals surface area contributed by atoms with E-state index in [9.17, 15) is 14.7 Å². The minimum Gasteiger partial charge on any atom is -0.480 e. The average molecular weight is 217 g/mol. The number of carbonyl (C=O) groups excluding carboxylic acids is 1. The van der Waals surface area contributed by atoms with E-state index in [1.807, 2.05) is 0 Å². The molecule has 1 amide bonds. The molecule has 1 aliphatic rings. The van der Waals surface area contributed by atoms with Crippen molar-refractivity contribution in [2.75, 3.05) is 13.2 Å². The normalized spacial score (nSPS) is 30.3. The van der Waals surface area contributed by atoms with Gasteiger partial charge >= 0.3 is 12.1 Å². The maximum Gasteiger partial charge on any atom is 0.410 e. The fourth-order valence-electron chi connectivity index (χ4n) is 1.73. The molecule has 6 heteroatoms. The molecule has 15 heavy (non-hydrogen) atoms. The van der Waals surface area contributed by atoms with Gasteiger partial charge in [-0.3, -0.25) is 4.90 Å². The van der Waals surface area contributed by atoms with Gasteiger partial charge < -0.3 is 14.9 Å². The second-order valence-corrected chi connectivity index (χ2v) is 3.75.